The van der Waals surface area contributed by atoms with E-state index in [0.717, 1.165) is 70.6 Å². The standard InChI is InChI=1S/C59H109NO8/c1-3-5-7-9-11-13-15-17-19-20-21-22-23-24-25-26-27-28-29-30-31-32-33-34-35-36-38-40-42-44-46-48-53(62)52(51-67-59-58(66)57(65)56(64)54(50-61)68-59)60-55(63)49-47-45-43-41-39-37-18-16-14-12-10-8-6-4-2/h10,12,16,18,38,40,46,48,52-54,56-59,61-62,64-66H,3-9,11,13-15,17,19-37,39,41-45,47,49-51H2,1-2H3,(H,60,63)/b12-10-,18-16-,40-38+,48-46+. The normalized spacial score (nSPS) is 19.9. The third-order valence-electron chi connectivity index (χ3n) is 13.6. The molecule has 1 saturated heterocycles. The van der Waals surface area contributed by atoms with Crippen molar-refractivity contribution >= 4 is 5.91 Å². The summed E-state index contributed by atoms with van der Waals surface area (Å²) < 4.78 is 11.2. The first-order valence-electron chi connectivity index (χ1n) is 28.9. The molecule has 1 amide bonds. The van der Waals surface area contributed by atoms with Gasteiger partial charge >= 0.3 is 0 Å². The van der Waals surface area contributed by atoms with Gasteiger partial charge in [-0.3, -0.25) is 4.79 Å². The van der Waals surface area contributed by atoms with Crippen LogP contribution in [0.5, 0.6) is 0 Å². The molecule has 0 aliphatic carbocycles. The molecule has 0 radical (unpaired) electrons. The zero-order valence-corrected chi connectivity index (χ0v) is 44.1. The molecule has 0 bridgehead atoms. The van der Waals surface area contributed by atoms with E-state index in [2.05, 4.69) is 55.6 Å². The van der Waals surface area contributed by atoms with Gasteiger partial charge in [0.2, 0.25) is 5.91 Å². The second-order valence-electron chi connectivity index (χ2n) is 20.1. The number of allylic oxidation sites excluding steroid dienone is 7. The number of carbonyl (C=O) groups excluding carboxylic acids is 1. The largest absolute Gasteiger partial charge is 0.394 e. The van der Waals surface area contributed by atoms with Crippen molar-refractivity contribution in [1.82, 2.24) is 5.32 Å². The lowest BCUT2D eigenvalue weighted by molar-refractivity contribution is -0.302. The molecule has 0 aromatic carbocycles. The molecule has 7 unspecified atom stereocenters. The second-order valence-corrected chi connectivity index (χ2v) is 20.1. The summed E-state index contributed by atoms with van der Waals surface area (Å²) in [4.78, 5) is 13.0. The van der Waals surface area contributed by atoms with E-state index >= 15 is 0 Å². The van der Waals surface area contributed by atoms with Crippen LogP contribution < -0.4 is 5.32 Å². The zero-order chi connectivity index (χ0) is 49.4. The highest BCUT2D eigenvalue weighted by molar-refractivity contribution is 5.76. The first-order valence-corrected chi connectivity index (χ1v) is 28.9. The Morgan fingerprint density at radius 3 is 1.37 bits per heavy atom. The molecule has 0 aromatic rings. The number of unbranched alkanes of at least 4 members (excludes halogenated alkanes) is 33. The molecule has 1 aliphatic heterocycles. The van der Waals surface area contributed by atoms with Crippen molar-refractivity contribution in [3.8, 4) is 0 Å². The Balaban J connectivity index is 2.19. The molecule has 1 fully saturated rings. The van der Waals surface area contributed by atoms with Crippen LogP contribution >= 0.6 is 0 Å². The maximum Gasteiger partial charge on any atom is 0.220 e. The summed E-state index contributed by atoms with van der Waals surface area (Å²) in [5, 5.41) is 54.4. The predicted molar refractivity (Wildman–Crippen MR) is 286 cm³/mol. The van der Waals surface area contributed by atoms with Gasteiger partial charge in [0, 0.05) is 6.42 Å². The highest BCUT2D eigenvalue weighted by Crippen LogP contribution is 2.23. The fourth-order valence-corrected chi connectivity index (χ4v) is 9.01. The predicted octanol–water partition coefficient (Wildman–Crippen LogP) is 14.1. The van der Waals surface area contributed by atoms with Crippen molar-refractivity contribution in [1.29, 1.82) is 0 Å². The van der Waals surface area contributed by atoms with E-state index < -0.39 is 49.5 Å². The van der Waals surface area contributed by atoms with Gasteiger partial charge in [0.05, 0.1) is 25.4 Å². The molecule has 7 atom stereocenters. The van der Waals surface area contributed by atoms with E-state index in [4.69, 9.17) is 9.47 Å². The number of rotatable bonds is 49. The number of amides is 1. The first-order chi connectivity index (χ1) is 33.3. The highest BCUT2D eigenvalue weighted by Gasteiger charge is 2.44. The summed E-state index contributed by atoms with van der Waals surface area (Å²) in [5.74, 6) is -0.200. The van der Waals surface area contributed by atoms with Crippen molar-refractivity contribution in [2.24, 2.45) is 0 Å². The van der Waals surface area contributed by atoms with Crippen molar-refractivity contribution in [3.05, 3.63) is 48.6 Å². The maximum atomic E-state index is 13.0. The average Bonchev–Trinajstić information content (AvgIpc) is 3.34. The molecule has 68 heavy (non-hydrogen) atoms. The van der Waals surface area contributed by atoms with Gasteiger partial charge in [-0.05, 0) is 57.8 Å². The molecule has 9 nitrogen and oxygen atoms in total. The lowest BCUT2D eigenvalue weighted by Crippen LogP contribution is -2.60. The van der Waals surface area contributed by atoms with Crippen molar-refractivity contribution in [2.45, 2.75) is 307 Å². The Morgan fingerprint density at radius 1 is 0.500 bits per heavy atom. The van der Waals surface area contributed by atoms with Crippen LogP contribution in [0.4, 0.5) is 0 Å². The molecule has 6 N–H and O–H groups in total. The molecule has 1 aliphatic rings. The van der Waals surface area contributed by atoms with Gasteiger partial charge < -0.3 is 40.3 Å². The minimum absolute atomic E-state index is 0.200. The molecule has 0 saturated carbocycles. The quantitative estimate of drug-likeness (QED) is 0.0261. The van der Waals surface area contributed by atoms with Crippen molar-refractivity contribution in [3.63, 3.8) is 0 Å². The summed E-state index contributed by atoms with van der Waals surface area (Å²) in [7, 11) is 0. The van der Waals surface area contributed by atoms with Crippen molar-refractivity contribution in [2.75, 3.05) is 13.2 Å². The van der Waals surface area contributed by atoms with Crippen molar-refractivity contribution < 1.29 is 39.8 Å². The molecule has 1 heterocycles. The zero-order valence-electron chi connectivity index (χ0n) is 44.1. The molecule has 0 spiro atoms. The van der Waals surface area contributed by atoms with Gasteiger partial charge in [0.15, 0.2) is 6.29 Å². The average molecular weight is 961 g/mol. The molecule has 0 aromatic heterocycles. The van der Waals surface area contributed by atoms with Crippen LogP contribution in [0, 0.1) is 0 Å². The van der Waals surface area contributed by atoms with Crippen LogP contribution in [0.15, 0.2) is 48.6 Å². The molecule has 1 rings (SSSR count). The van der Waals surface area contributed by atoms with Gasteiger partial charge in [0.25, 0.3) is 0 Å². The fraction of sp³-hybridized carbons (Fsp3) is 0.847. The van der Waals surface area contributed by atoms with E-state index in [1.165, 1.54) is 173 Å². The molecular formula is C59H109NO8. The number of aliphatic hydroxyl groups is 5. The van der Waals surface area contributed by atoms with E-state index in [1.54, 1.807) is 6.08 Å². The van der Waals surface area contributed by atoms with Gasteiger partial charge in [-0.2, -0.15) is 0 Å². The van der Waals surface area contributed by atoms with Gasteiger partial charge in [0.1, 0.15) is 24.4 Å². The number of ether oxygens (including phenoxy) is 2. The van der Waals surface area contributed by atoms with Gasteiger partial charge in [-0.1, -0.05) is 249 Å². The number of carbonyl (C=O) groups is 1. The van der Waals surface area contributed by atoms with Crippen LogP contribution in [0.1, 0.15) is 264 Å². The Hall–Kier alpha value is -1.85. The minimum atomic E-state index is -1.58. The minimum Gasteiger partial charge on any atom is -0.394 e. The van der Waals surface area contributed by atoms with Crippen LogP contribution in [0.2, 0.25) is 0 Å². The summed E-state index contributed by atoms with van der Waals surface area (Å²) in [6.45, 7) is 3.73. The van der Waals surface area contributed by atoms with Crippen LogP contribution in [0.3, 0.4) is 0 Å². The Labute approximate surface area is 418 Å². The number of aliphatic hydroxyl groups excluding tert-OH is 5. The Bertz CT molecular complexity index is 1210. The number of nitrogens with one attached hydrogen (secondary N) is 1. The van der Waals surface area contributed by atoms with Gasteiger partial charge in [-0.25, -0.2) is 0 Å². The van der Waals surface area contributed by atoms with E-state index in [9.17, 15) is 30.3 Å². The van der Waals surface area contributed by atoms with E-state index in [-0.39, 0.29) is 12.5 Å². The summed E-state index contributed by atoms with van der Waals surface area (Å²) in [6.07, 6.45) is 57.7. The fourth-order valence-electron chi connectivity index (χ4n) is 9.01. The van der Waals surface area contributed by atoms with Crippen LogP contribution in [-0.4, -0.2) is 87.5 Å². The monoisotopic (exact) mass is 960 g/mol. The Kier molecular flexibility index (Phi) is 46.0. The lowest BCUT2D eigenvalue weighted by atomic mass is 9.99. The smallest absolute Gasteiger partial charge is 0.220 e. The first kappa shape index (κ1) is 64.2. The number of hydrogen-bond acceptors (Lipinski definition) is 8. The van der Waals surface area contributed by atoms with E-state index in [0.29, 0.717) is 6.42 Å². The maximum absolute atomic E-state index is 13.0. The van der Waals surface area contributed by atoms with Crippen LogP contribution in [0.25, 0.3) is 0 Å². The van der Waals surface area contributed by atoms with Gasteiger partial charge in [-0.15, -0.1) is 0 Å². The molecule has 9 heteroatoms. The SMILES string of the molecule is CCCC/C=C\C/C=C\CCCCCCCC(=O)NC(COC1OC(CO)C(O)C(O)C1O)C(O)/C=C/CC/C=C/CCCCCCCCCCCCCCCCCCCCCCCCCCC. The van der Waals surface area contributed by atoms with Crippen LogP contribution in [-0.2, 0) is 14.3 Å². The summed E-state index contributed by atoms with van der Waals surface area (Å²) in [5.41, 5.74) is 0. The Morgan fingerprint density at radius 2 is 0.897 bits per heavy atom. The molecular weight excluding hydrogens is 851 g/mol. The van der Waals surface area contributed by atoms with E-state index in [1.807, 2.05) is 6.08 Å². The molecule has 398 valence electrons. The topological polar surface area (TPSA) is 149 Å². The highest BCUT2D eigenvalue weighted by atomic mass is 16.7. The second kappa shape index (κ2) is 48.8. The third-order valence-corrected chi connectivity index (χ3v) is 13.6. The lowest BCUT2D eigenvalue weighted by Gasteiger charge is -2.40. The summed E-state index contributed by atoms with van der Waals surface area (Å²) >= 11 is 0. The third kappa shape index (κ3) is 37.9. The number of hydrogen-bond donors (Lipinski definition) is 6. The summed E-state index contributed by atoms with van der Waals surface area (Å²) in [6, 6.07) is -0.830.